The quantitative estimate of drug-likeness (QED) is 0.662. The zero-order chi connectivity index (χ0) is 14.0. The molecule has 0 aromatic rings. The van der Waals surface area contributed by atoms with Crippen LogP contribution in [0, 0.1) is 5.92 Å². The molecule has 0 bridgehead atoms. The van der Waals surface area contributed by atoms with Gasteiger partial charge >= 0.3 is 11.8 Å². The largest absolute Gasteiger partial charge is 0.344 e. The molecule has 19 heavy (non-hydrogen) atoms. The van der Waals surface area contributed by atoms with Crippen LogP contribution in [0.25, 0.3) is 0 Å². The van der Waals surface area contributed by atoms with Crippen LogP contribution in [0.4, 0.5) is 0 Å². The summed E-state index contributed by atoms with van der Waals surface area (Å²) >= 11 is 0. The minimum Gasteiger partial charge on any atom is -0.344 e. The van der Waals surface area contributed by atoms with Crippen molar-refractivity contribution in [2.75, 3.05) is 24.6 Å². The van der Waals surface area contributed by atoms with E-state index < -0.39 is 27.7 Å². The molecule has 6 nitrogen and oxygen atoms in total. The van der Waals surface area contributed by atoms with Gasteiger partial charge in [-0.05, 0) is 25.2 Å². The Bertz CT molecular complexity index is 466. The molecule has 2 fully saturated rings. The summed E-state index contributed by atoms with van der Waals surface area (Å²) in [7, 11) is -3.04. The Balaban J connectivity index is 1.85. The summed E-state index contributed by atoms with van der Waals surface area (Å²) in [5.41, 5.74) is 0. The van der Waals surface area contributed by atoms with E-state index in [4.69, 9.17) is 0 Å². The molecule has 0 aromatic carbocycles. The van der Waals surface area contributed by atoms with Gasteiger partial charge in [-0.25, -0.2) is 8.42 Å². The van der Waals surface area contributed by atoms with Crippen LogP contribution in [-0.2, 0) is 19.4 Å². The molecule has 0 aromatic heterocycles. The van der Waals surface area contributed by atoms with Crippen LogP contribution in [0.2, 0.25) is 0 Å². The summed E-state index contributed by atoms with van der Waals surface area (Å²) in [6.07, 6.45) is 2.23. The Hall–Kier alpha value is -1.11. The van der Waals surface area contributed by atoms with Crippen molar-refractivity contribution in [1.82, 2.24) is 10.2 Å². The van der Waals surface area contributed by atoms with Gasteiger partial charge in [0.25, 0.3) is 0 Å². The summed E-state index contributed by atoms with van der Waals surface area (Å²) < 4.78 is 22.6. The predicted molar refractivity (Wildman–Crippen MR) is 70.2 cm³/mol. The van der Waals surface area contributed by atoms with Crippen LogP contribution >= 0.6 is 0 Å². The average molecular weight is 288 g/mol. The first kappa shape index (κ1) is 14.3. The summed E-state index contributed by atoms with van der Waals surface area (Å²) in [5.74, 6) is -0.573. The molecule has 2 heterocycles. The monoisotopic (exact) mass is 288 g/mol. The van der Waals surface area contributed by atoms with Gasteiger partial charge in [-0.1, -0.05) is 6.92 Å². The van der Waals surface area contributed by atoms with Crippen LogP contribution in [0.1, 0.15) is 26.2 Å². The average Bonchev–Trinajstić information content (AvgIpc) is 2.68. The van der Waals surface area contributed by atoms with Gasteiger partial charge in [0, 0.05) is 19.1 Å². The molecular formula is C12H20N2O4S. The van der Waals surface area contributed by atoms with Crippen molar-refractivity contribution in [3.8, 4) is 0 Å². The van der Waals surface area contributed by atoms with Gasteiger partial charge in [-0.2, -0.15) is 0 Å². The lowest BCUT2D eigenvalue weighted by Crippen LogP contribution is -2.49. The van der Waals surface area contributed by atoms with E-state index in [0.29, 0.717) is 25.4 Å². The van der Waals surface area contributed by atoms with Crippen LogP contribution in [0.5, 0.6) is 0 Å². The topological polar surface area (TPSA) is 83.6 Å². The van der Waals surface area contributed by atoms with Crippen LogP contribution in [0.15, 0.2) is 0 Å². The standard InChI is InChI=1S/C12H20N2O4S/c1-9-2-5-14(6-3-9)12(16)11(15)13-10-4-7-19(17,18)8-10/h9-10H,2-8H2,1H3,(H,13,15). The van der Waals surface area contributed by atoms with Gasteiger partial charge in [0.1, 0.15) is 0 Å². The van der Waals surface area contributed by atoms with Gasteiger partial charge in [-0.3, -0.25) is 9.59 Å². The predicted octanol–water partition coefficient (Wildman–Crippen LogP) is -0.452. The van der Waals surface area contributed by atoms with Crippen molar-refractivity contribution in [1.29, 1.82) is 0 Å². The number of piperidine rings is 1. The number of likely N-dealkylation sites (tertiary alicyclic amines) is 1. The molecule has 1 N–H and O–H groups in total. The van der Waals surface area contributed by atoms with Gasteiger partial charge in [0.15, 0.2) is 9.84 Å². The molecule has 7 heteroatoms. The zero-order valence-electron chi connectivity index (χ0n) is 11.1. The number of nitrogens with zero attached hydrogens (tertiary/aromatic N) is 1. The SMILES string of the molecule is CC1CCN(C(=O)C(=O)NC2CCS(=O)(=O)C2)CC1. The lowest BCUT2D eigenvalue weighted by atomic mass is 9.99. The Labute approximate surface area is 113 Å². The molecule has 2 aliphatic rings. The number of amides is 2. The third kappa shape index (κ3) is 3.68. The van der Waals surface area contributed by atoms with Crippen molar-refractivity contribution in [3.05, 3.63) is 0 Å². The van der Waals surface area contributed by atoms with E-state index >= 15 is 0 Å². The van der Waals surface area contributed by atoms with Crippen molar-refractivity contribution in [3.63, 3.8) is 0 Å². The Morgan fingerprint density at radius 1 is 1.16 bits per heavy atom. The summed E-state index contributed by atoms with van der Waals surface area (Å²) in [6.45, 7) is 3.35. The maximum atomic E-state index is 11.9. The molecular weight excluding hydrogens is 268 g/mol. The fourth-order valence-corrected chi connectivity index (χ4v) is 4.18. The molecule has 0 aliphatic carbocycles. The fourth-order valence-electron chi connectivity index (χ4n) is 2.51. The Morgan fingerprint density at radius 2 is 1.79 bits per heavy atom. The number of nitrogens with one attached hydrogen (secondary N) is 1. The fraction of sp³-hybridized carbons (Fsp3) is 0.833. The first-order valence-corrected chi connectivity index (χ1v) is 8.50. The van der Waals surface area contributed by atoms with Crippen molar-refractivity contribution >= 4 is 21.7 Å². The molecule has 0 saturated carbocycles. The molecule has 2 saturated heterocycles. The van der Waals surface area contributed by atoms with Crippen molar-refractivity contribution in [2.24, 2.45) is 5.92 Å². The Morgan fingerprint density at radius 3 is 2.32 bits per heavy atom. The molecule has 108 valence electrons. The van der Waals surface area contributed by atoms with E-state index in [0.717, 1.165) is 12.8 Å². The smallest absolute Gasteiger partial charge is 0.311 e. The highest BCUT2D eigenvalue weighted by Crippen LogP contribution is 2.16. The third-order valence-electron chi connectivity index (χ3n) is 3.83. The minimum atomic E-state index is -3.04. The first-order chi connectivity index (χ1) is 8.87. The van der Waals surface area contributed by atoms with Gasteiger partial charge < -0.3 is 10.2 Å². The lowest BCUT2D eigenvalue weighted by Gasteiger charge is -2.29. The number of sulfone groups is 1. The van der Waals surface area contributed by atoms with E-state index in [9.17, 15) is 18.0 Å². The van der Waals surface area contributed by atoms with Crippen LogP contribution in [-0.4, -0.2) is 55.8 Å². The molecule has 0 radical (unpaired) electrons. The second kappa shape index (κ2) is 5.48. The minimum absolute atomic E-state index is 0.0525. The van der Waals surface area contributed by atoms with E-state index in [1.165, 1.54) is 0 Å². The molecule has 1 unspecified atom stereocenters. The van der Waals surface area contributed by atoms with E-state index in [2.05, 4.69) is 12.2 Å². The highest BCUT2D eigenvalue weighted by Gasteiger charge is 2.32. The van der Waals surface area contributed by atoms with Gasteiger partial charge in [-0.15, -0.1) is 0 Å². The maximum absolute atomic E-state index is 11.9. The molecule has 2 amide bonds. The van der Waals surface area contributed by atoms with E-state index in [-0.39, 0.29) is 11.5 Å². The first-order valence-electron chi connectivity index (χ1n) is 6.67. The number of hydrogen-bond acceptors (Lipinski definition) is 4. The lowest BCUT2D eigenvalue weighted by molar-refractivity contribution is -0.147. The summed E-state index contributed by atoms with van der Waals surface area (Å²) in [6, 6.07) is -0.412. The maximum Gasteiger partial charge on any atom is 0.311 e. The van der Waals surface area contributed by atoms with Crippen LogP contribution in [0.3, 0.4) is 0 Å². The van der Waals surface area contributed by atoms with Crippen molar-refractivity contribution < 1.29 is 18.0 Å². The Kier molecular flexibility index (Phi) is 4.13. The summed E-state index contributed by atoms with van der Waals surface area (Å²) in [4.78, 5) is 25.3. The highest BCUT2D eigenvalue weighted by atomic mass is 32.2. The number of carbonyl (C=O) groups is 2. The molecule has 0 spiro atoms. The normalized spacial score (nSPS) is 27.2. The van der Waals surface area contributed by atoms with Gasteiger partial charge in [0.05, 0.1) is 11.5 Å². The highest BCUT2D eigenvalue weighted by molar-refractivity contribution is 7.91. The van der Waals surface area contributed by atoms with Crippen LogP contribution < -0.4 is 5.32 Å². The third-order valence-corrected chi connectivity index (χ3v) is 5.60. The number of carbonyl (C=O) groups excluding carboxylic acids is 2. The number of rotatable bonds is 1. The zero-order valence-corrected chi connectivity index (χ0v) is 11.9. The van der Waals surface area contributed by atoms with E-state index in [1.54, 1.807) is 4.90 Å². The van der Waals surface area contributed by atoms with E-state index in [1.807, 2.05) is 0 Å². The number of hydrogen-bond donors (Lipinski definition) is 1. The molecule has 2 rings (SSSR count). The second-order valence-electron chi connectivity index (χ2n) is 5.55. The molecule has 1 atom stereocenters. The summed E-state index contributed by atoms with van der Waals surface area (Å²) in [5, 5.41) is 2.53. The van der Waals surface area contributed by atoms with Crippen molar-refractivity contribution in [2.45, 2.75) is 32.2 Å². The van der Waals surface area contributed by atoms with Gasteiger partial charge in [0.2, 0.25) is 0 Å². The second-order valence-corrected chi connectivity index (χ2v) is 7.78. The molecule has 2 aliphatic heterocycles.